The molecule has 3 saturated heterocycles. The van der Waals surface area contributed by atoms with E-state index in [1.54, 1.807) is 59.3 Å². The molecule has 3 fully saturated rings. The molecule has 0 radical (unpaired) electrons. The highest BCUT2D eigenvalue weighted by Gasteiger charge is 2.48. The van der Waals surface area contributed by atoms with Gasteiger partial charge < -0.3 is 59.8 Å². The number of thioether (sulfide) groups is 2. The second-order valence-electron chi connectivity index (χ2n) is 20.1. The molecule has 0 saturated carbocycles. The first kappa shape index (κ1) is 57.8. The van der Waals surface area contributed by atoms with Crippen LogP contribution < -0.4 is 10.6 Å². The molecule has 0 aliphatic carbocycles. The van der Waals surface area contributed by atoms with E-state index < -0.39 is 78.5 Å². The molecule has 6 N–H and O–H groups in total. The summed E-state index contributed by atoms with van der Waals surface area (Å²) in [5.74, 6) is -0.234. The van der Waals surface area contributed by atoms with Crippen molar-refractivity contribution in [2.45, 2.75) is 135 Å². The fourth-order valence-electron chi connectivity index (χ4n) is 7.65. The van der Waals surface area contributed by atoms with Crippen LogP contribution in [0.4, 0.5) is 0 Å². The van der Waals surface area contributed by atoms with Crippen LogP contribution in [0.5, 0.6) is 0 Å². The zero-order chi connectivity index (χ0) is 51.1. The molecule has 2 unspecified atom stereocenters. The van der Waals surface area contributed by atoms with Crippen molar-refractivity contribution >= 4 is 47.2 Å². The van der Waals surface area contributed by atoms with Gasteiger partial charge in [0.25, 0.3) is 11.8 Å². The van der Waals surface area contributed by atoms with Gasteiger partial charge in [-0.25, -0.2) is 0 Å². The van der Waals surface area contributed by atoms with E-state index in [0.717, 1.165) is 22.6 Å². The lowest BCUT2D eigenvalue weighted by Crippen LogP contribution is -2.62. The summed E-state index contributed by atoms with van der Waals surface area (Å²) in [5, 5.41) is 47.7. The third-order valence-electron chi connectivity index (χ3n) is 11.3. The predicted molar refractivity (Wildman–Crippen MR) is 269 cm³/mol. The van der Waals surface area contributed by atoms with Crippen molar-refractivity contribution in [2.24, 2.45) is 10.8 Å². The van der Waals surface area contributed by atoms with Gasteiger partial charge in [-0.3, -0.25) is 19.2 Å². The quantitative estimate of drug-likeness (QED) is 0.132. The third kappa shape index (κ3) is 18.4. The van der Waals surface area contributed by atoms with Crippen LogP contribution in [0.3, 0.4) is 0 Å². The maximum absolute atomic E-state index is 13.4. The van der Waals surface area contributed by atoms with Crippen molar-refractivity contribution in [2.75, 3.05) is 50.3 Å². The minimum absolute atomic E-state index is 0.109. The van der Waals surface area contributed by atoms with Crippen molar-refractivity contribution in [1.29, 1.82) is 0 Å². The summed E-state index contributed by atoms with van der Waals surface area (Å²) in [6.07, 6.45) is -3.26. The highest BCUT2D eigenvalue weighted by molar-refractivity contribution is 7.99. The number of carbonyl (C=O) groups is 4. The molecule has 3 heterocycles. The van der Waals surface area contributed by atoms with E-state index in [1.807, 2.05) is 108 Å². The van der Waals surface area contributed by atoms with Gasteiger partial charge in [-0.15, -0.1) is 0 Å². The van der Waals surface area contributed by atoms with Crippen LogP contribution in [-0.2, 0) is 51.2 Å². The van der Waals surface area contributed by atoms with Gasteiger partial charge in [0, 0.05) is 63.4 Å². The van der Waals surface area contributed by atoms with Crippen molar-refractivity contribution in [3.63, 3.8) is 0 Å². The Morgan fingerprint density at radius 1 is 0.754 bits per heavy atom. The average molecular weight is 1000 g/mol. The van der Waals surface area contributed by atoms with E-state index in [1.165, 1.54) is 20.3 Å². The average Bonchev–Trinajstić information content (AvgIpc) is 3.57. The maximum atomic E-state index is 13.4. The Labute approximate surface area is 416 Å². The molecule has 4 amide bonds. The van der Waals surface area contributed by atoms with Gasteiger partial charge in [0.1, 0.15) is 48.7 Å². The zero-order valence-electron chi connectivity index (χ0n) is 41.8. The zero-order valence-corrected chi connectivity index (χ0v) is 43.4. The van der Waals surface area contributed by atoms with Crippen LogP contribution in [0.15, 0.2) is 85.0 Å². The minimum atomic E-state index is -1.69. The molecule has 2 aromatic carbocycles. The lowest BCUT2D eigenvalue weighted by molar-refractivity contribution is -0.334. The number of aliphatic hydroxyl groups is 4. The maximum Gasteiger partial charge on any atom is 0.252 e. The second kappa shape index (κ2) is 26.6. The Morgan fingerprint density at radius 2 is 1.23 bits per heavy atom. The molecule has 16 nitrogen and oxygen atoms in total. The van der Waals surface area contributed by atoms with Gasteiger partial charge in [-0.05, 0) is 35.8 Å². The number of hydrogen-bond acceptors (Lipinski definition) is 14. The molecule has 2 aromatic rings. The monoisotopic (exact) mass is 1000 g/mol. The Kier molecular flexibility index (Phi) is 22.2. The predicted octanol–water partition coefficient (Wildman–Crippen LogP) is 3.69. The van der Waals surface area contributed by atoms with E-state index in [9.17, 15) is 39.6 Å². The van der Waals surface area contributed by atoms with Gasteiger partial charge in [0.05, 0.1) is 0 Å². The number of ether oxygens (including phenoxy) is 4. The summed E-state index contributed by atoms with van der Waals surface area (Å²) in [6, 6.07) is 17.9. The number of aliphatic hydroxyl groups excluding tert-OH is 4. The molecule has 0 aromatic heterocycles. The number of methoxy groups -OCH3 is 2. The van der Waals surface area contributed by atoms with E-state index in [2.05, 4.69) is 10.6 Å². The van der Waals surface area contributed by atoms with Crippen LogP contribution in [0.1, 0.15) is 66.5 Å². The lowest BCUT2D eigenvalue weighted by atomic mass is 9.93. The third-order valence-corrected chi connectivity index (χ3v) is 13.4. The number of nitrogens with one attached hydrogen (secondary N) is 2. The first-order valence-electron chi connectivity index (χ1n) is 23.4. The van der Waals surface area contributed by atoms with Crippen molar-refractivity contribution in [1.82, 2.24) is 20.4 Å². The number of carbonyl (C=O) groups excluding carboxylic acids is 4. The fraction of sp³-hybridized carbons (Fsp3) is 0.608. The highest BCUT2D eigenvalue weighted by Crippen LogP contribution is 2.32. The van der Waals surface area contributed by atoms with Gasteiger partial charge >= 0.3 is 0 Å². The first-order chi connectivity index (χ1) is 32.4. The standard InChI is InChI=1S/C27H40N2O6S.C24H36N2O6S/c1-26(2,3)13-12-20-21(30)22(35-27(4,5)34-20)23(33-6)24(31)28-19-17-36-15-14-29(25(19)32)16-18-10-8-7-9-11-18;1-24(2,3)11-10-18(27)19(28)20(29)21(32-4)22(30)25-17-15-33-13-12-26(23(17)31)14-16-8-6-5-7-9-16/h7-13,19-23,30H,14-17H2,1-6H3,(H,28,31);5-11,17-21,27-29H,12-15H2,1-4H3,(H,25,30)/b13-12+;11-10+/t19?,20-,21+,22-,23-;17?,18-,19+,20-,21-/m11/s1. The van der Waals surface area contributed by atoms with E-state index in [0.29, 0.717) is 37.7 Å². The summed E-state index contributed by atoms with van der Waals surface area (Å²) >= 11 is 3.17. The van der Waals surface area contributed by atoms with Crippen molar-refractivity contribution < 1.29 is 58.6 Å². The van der Waals surface area contributed by atoms with Crippen molar-refractivity contribution in [3.05, 3.63) is 96.1 Å². The SMILES string of the molecule is CO[C@@H](C(=O)NC1CSCCN(Cc2ccccc2)C1=O)[C@@H]1OC(C)(C)O[C@H](/C=C/C(C)(C)C)[C@@H]1O.CO[C@@H](C(=O)NC1CSCCN(Cc2ccccc2)C1=O)[C@H](O)[C@@H](O)[C@H](O)/C=C/C(C)(C)C. The van der Waals surface area contributed by atoms with E-state index in [-0.39, 0.29) is 22.6 Å². The normalized spacial score (nSPS) is 24.9. The molecule has 3 aliphatic heterocycles. The molecule has 10 atom stereocenters. The number of nitrogens with zero attached hydrogens (tertiary/aromatic N) is 2. The van der Waals surface area contributed by atoms with Crippen LogP contribution in [-0.4, -0.2) is 171 Å². The number of hydrogen-bond donors (Lipinski definition) is 6. The first-order valence-corrected chi connectivity index (χ1v) is 25.7. The summed E-state index contributed by atoms with van der Waals surface area (Å²) in [4.78, 5) is 56.1. The van der Waals surface area contributed by atoms with Crippen LogP contribution in [0, 0.1) is 10.8 Å². The van der Waals surface area contributed by atoms with Gasteiger partial charge in [0.15, 0.2) is 18.0 Å². The molecule has 3 aliphatic rings. The summed E-state index contributed by atoms with van der Waals surface area (Å²) in [5.41, 5.74) is 1.69. The molecule has 69 heavy (non-hydrogen) atoms. The highest BCUT2D eigenvalue weighted by atomic mass is 32.2. The molecule has 5 rings (SSSR count). The Morgan fingerprint density at radius 3 is 1.68 bits per heavy atom. The molecular weight excluding hydrogens is 925 g/mol. The Balaban J connectivity index is 0.000000302. The topological polar surface area (TPSA) is 217 Å². The molecule has 0 bridgehead atoms. The van der Waals surface area contributed by atoms with E-state index >= 15 is 0 Å². The Hall–Kier alpha value is -3.82. The van der Waals surface area contributed by atoms with Gasteiger partial charge in [0.2, 0.25) is 11.8 Å². The summed E-state index contributed by atoms with van der Waals surface area (Å²) in [6.45, 7) is 17.5. The van der Waals surface area contributed by atoms with Crippen LogP contribution in [0.25, 0.3) is 0 Å². The largest absolute Gasteiger partial charge is 0.387 e. The van der Waals surface area contributed by atoms with Gasteiger partial charge in [-0.2, -0.15) is 23.5 Å². The fourth-order valence-corrected chi connectivity index (χ4v) is 9.61. The smallest absolute Gasteiger partial charge is 0.252 e. The van der Waals surface area contributed by atoms with Crippen LogP contribution in [0.2, 0.25) is 0 Å². The summed E-state index contributed by atoms with van der Waals surface area (Å²) < 4.78 is 22.6. The van der Waals surface area contributed by atoms with E-state index in [4.69, 9.17) is 18.9 Å². The summed E-state index contributed by atoms with van der Waals surface area (Å²) in [7, 11) is 2.62. The molecular formula is C51H76N4O12S2. The number of amides is 4. The minimum Gasteiger partial charge on any atom is -0.387 e. The van der Waals surface area contributed by atoms with Gasteiger partial charge in [-0.1, -0.05) is 127 Å². The van der Waals surface area contributed by atoms with Crippen LogP contribution >= 0.6 is 23.5 Å². The lowest BCUT2D eigenvalue weighted by Gasteiger charge is -2.45. The number of benzene rings is 2. The molecule has 384 valence electrons. The Bertz CT molecular complexity index is 2000. The number of rotatable bonds is 16. The van der Waals surface area contributed by atoms with Crippen molar-refractivity contribution in [3.8, 4) is 0 Å². The molecule has 18 heteroatoms. The molecule has 0 spiro atoms. The number of allylic oxidation sites excluding steroid dienone is 2. The second-order valence-corrected chi connectivity index (χ2v) is 22.4.